The third-order valence-corrected chi connectivity index (χ3v) is 17.6. The van der Waals surface area contributed by atoms with Crippen LogP contribution in [-0.4, -0.2) is 5.92 Å². The van der Waals surface area contributed by atoms with Crippen LogP contribution in [-0.2, 0) is 0 Å². The third-order valence-electron chi connectivity index (χ3n) is 17.6. The van der Waals surface area contributed by atoms with E-state index in [0.29, 0.717) is 10.8 Å². The number of hydrogen-bond donors (Lipinski definition) is 0. The molecule has 0 saturated heterocycles. The Hall–Kier alpha value is -0.140. The summed E-state index contributed by atoms with van der Waals surface area (Å²) in [5.74, 6) is 5.21. The molecule has 0 aromatic heterocycles. The van der Waals surface area contributed by atoms with E-state index in [1.807, 2.05) is 0 Å². The van der Waals surface area contributed by atoms with Gasteiger partial charge < -0.3 is 0 Å². The summed E-state index contributed by atoms with van der Waals surface area (Å²) in [4.78, 5) is 0. The van der Waals surface area contributed by atoms with Crippen molar-refractivity contribution in [2.75, 3.05) is 0 Å². The van der Waals surface area contributed by atoms with Gasteiger partial charge in [0, 0.05) is 12.8 Å². The molecule has 0 radical (unpaired) electrons. The highest BCUT2D eigenvalue weighted by molar-refractivity contribution is 5.01. The van der Waals surface area contributed by atoms with Crippen molar-refractivity contribution < 1.29 is 8.78 Å². The molecule has 0 bridgehead atoms. The normalized spacial score (nSPS) is 30.1. The second-order valence-corrected chi connectivity index (χ2v) is 23.4. The Labute approximate surface area is 318 Å². The van der Waals surface area contributed by atoms with E-state index in [0.717, 1.165) is 76.4 Å². The molecule has 0 heterocycles. The lowest BCUT2D eigenvalue weighted by Gasteiger charge is -2.54. The minimum absolute atomic E-state index is 0.137. The molecule has 8 aliphatic rings. The van der Waals surface area contributed by atoms with Crippen LogP contribution in [0, 0.1) is 74.4 Å². The standard InChI is InChI=1S/C14H26.C12H20F2.C12H22.C11H20/c1-11(2)12-9-14(10-12)7-5-13(3,4)6-8-14;1-9(2)10-7-11(8-10)3-5-12(13,14)6-4-11;1-10(2)11-8-12(9-11)6-4-3-5-7-12;1-9(2)10-7-11(8-10)5-3-4-6-11/h11-12H,5-10H2,1-4H3;9-10H,3-8H2,1-2H3;10-11H,3-9H2,1-2H3;9-10H,3-8H2,1-2H3. The maximum absolute atomic E-state index is 13.0. The lowest BCUT2D eigenvalue weighted by Crippen LogP contribution is -2.44. The molecular formula is C49H88F2. The van der Waals surface area contributed by atoms with Crippen molar-refractivity contribution >= 4 is 0 Å². The lowest BCUT2D eigenvalue weighted by molar-refractivity contribution is -0.107. The molecule has 4 spiro atoms. The van der Waals surface area contributed by atoms with E-state index in [1.54, 1.807) is 64.2 Å². The summed E-state index contributed by atoms with van der Waals surface area (Å²) in [6, 6.07) is 0. The van der Waals surface area contributed by atoms with Crippen LogP contribution in [0.4, 0.5) is 8.78 Å². The van der Waals surface area contributed by atoms with Gasteiger partial charge in [-0.2, -0.15) is 0 Å². The summed E-state index contributed by atoms with van der Waals surface area (Å²) >= 11 is 0. The number of hydrogen-bond acceptors (Lipinski definition) is 0. The maximum atomic E-state index is 13.0. The van der Waals surface area contributed by atoms with Crippen LogP contribution in [0.15, 0.2) is 0 Å². The van der Waals surface area contributed by atoms with Crippen LogP contribution >= 0.6 is 0 Å². The Bertz CT molecular complexity index is 951. The molecule has 0 nitrogen and oxygen atoms in total. The predicted molar refractivity (Wildman–Crippen MR) is 217 cm³/mol. The highest BCUT2D eigenvalue weighted by Crippen LogP contribution is 2.61. The summed E-state index contributed by atoms with van der Waals surface area (Å²) < 4.78 is 25.9. The molecule has 8 saturated carbocycles. The zero-order valence-electron chi connectivity index (χ0n) is 36.1. The Balaban J connectivity index is 0.000000132. The summed E-state index contributed by atoms with van der Waals surface area (Å²) in [6.07, 6.45) is 33.3. The number of alkyl halides is 2. The molecule has 0 N–H and O–H groups in total. The minimum atomic E-state index is -2.35. The van der Waals surface area contributed by atoms with Crippen molar-refractivity contribution in [1.82, 2.24) is 0 Å². The molecule has 0 amide bonds. The second kappa shape index (κ2) is 16.5. The minimum Gasteiger partial charge on any atom is -0.207 e. The van der Waals surface area contributed by atoms with Crippen molar-refractivity contribution in [2.45, 2.75) is 236 Å². The van der Waals surface area contributed by atoms with Crippen molar-refractivity contribution in [3.05, 3.63) is 0 Å². The van der Waals surface area contributed by atoms with Crippen molar-refractivity contribution in [3.63, 3.8) is 0 Å². The molecular weight excluding hydrogens is 627 g/mol. The molecule has 0 aromatic rings. The van der Waals surface area contributed by atoms with Gasteiger partial charge in [0.2, 0.25) is 5.92 Å². The van der Waals surface area contributed by atoms with Crippen LogP contribution in [0.25, 0.3) is 0 Å². The van der Waals surface area contributed by atoms with Gasteiger partial charge in [-0.25, -0.2) is 8.78 Å². The van der Waals surface area contributed by atoms with E-state index in [9.17, 15) is 8.78 Å². The van der Waals surface area contributed by atoms with Crippen LogP contribution in [0.1, 0.15) is 230 Å². The van der Waals surface area contributed by atoms with Gasteiger partial charge in [0.25, 0.3) is 0 Å². The summed E-state index contributed by atoms with van der Waals surface area (Å²) in [7, 11) is 0. The molecule has 0 unspecified atom stereocenters. The first-order valence-corrected chi connectivity index (χ1v) is 23.2. The first-order chi connectivity index (χ1) is 23.8. The van der Waals surface area contributed by atoms with Crippen LogP contribution < -0.4 is 0 Å². The Morgan fingerprint density at radius 2 is 0.569 bits per heavy atom. The van der Waals surface area contributed by atoms with Crippen LogP contribution in [0.2, 0.25) is 0 Å². The first-order valence-electron chi connectivity index (χ1n) is 23.2. The SMILES string of the molecule is CC(C)C1CC2(CCC(C)(C)CC2)C1.CC(C)C1CC2(CCC(F)(F)CC2)C1.CC(C)C1CC2(CCCC2)C1.CC(C)C1CC2(CCCCC2)C1. The zero-order chi connectivity index (χ0) is 37.3. The fourth-order valence-corrected chi connectivity index (χ4v) is 12.8. The average Bonchev–Trinajstić information content (AvgIpc) is 3.49. The van der Waals surface area contributed by atoms with Crippen molar-refractivity contribution in [3.8, 4) is 0 Å². The first kappa shape index (κ1) is 42.0. The molecule has 298 valence electrons. The number of rotatable bonds is 4. The van der Waals surface area contributed by atoms with E-state index in [-0.39, 0.29) is 12.8 Å². The molecule has 0 aliphatic heterocycles. The van der Waals surface area contributed by atoms with Gasteiger partial charge in [-0.15, -0.1) is 0 Å². The predicted octanol–water partition coefficient (Wildman–Crippen LogP) is 16.5. The highest BCUT2D eigenvalue weighted by Gasteiger charge is 2.51. The third kappa shape index (κ3) is 10.8. The fourth-order valence-electron chi connectivity index (χ4n) is 12.8. The van der Waals surface area contributed by atoms with Crippen molar-refractivity contribution in [2.24, 2.45) is 74.4 Å². The van der Waals surface area contributed by atoms with E-state index in [2.05, 4.69) is 69.2 Å². The maximum Gasteiger partial charge on any atom is 0.248 e. The molecule has 0 atom stereocenters. The largest absolute Gasteiger partial charge is 0.248 e. The summed E-state index contributed by atoms with van der Waals surface area (Å²) in [5, 5.41) is 0. The Morgan fingerprint density at radius 1 is 0.333 bits per heavy atom. The van der Waals surface area contributed by atoms with E-state index >= 15 is 0 Å². The molecule has 2 heteroatoms. The van der Waals surface area contributed by atoms with E-state index in [1.165, 1.54) is 70.6 Å². The highest BCUT2D eigenvalue weighted by atomic mass is 19.3. The smallest absolute Gasteiger partial charge is 0.207 e. The van der Waals surface area contributed by atoms with Gasteiger partial charge in [-0.1, -0.05) is 101 Å². The summed E-state index contributed by atoms with van der Waals surface area (Å²) in [5.41, 5.74) is 3.51. The molecule has 8 aliphatic carbocycles. The second-order valence-electron chi connectivity index (χ2n) is 23.4. The van der Waals surface area contributed by atoms with Crippen LogP contribution in [0.5, 0.6) is 0 Å². The molecule has 51 heavy (non-hydrogen) atoms. The lowest BCUT2D eigenvalue weighted by atomic mass is 9.51. The number of halogens is 2. The quantitative estimate of drug-likeness (QED) is 0.272. The Kier molecular flexibility index (Phi) is 13.6. The molecule has 0 aromatic carbocycles. The summed E-state index contributed by atoms with van der Waals surface area (Å²) in [6.45, 7) is 23.7. The van der Waals surface area contributed by atoms with Gasteiger partial charge >= 0.3 is 0 Å². The van der Waals surface area contributed by atoms with E-state index in [4.69, 9.17) is 0 Å². The topological polar surface area (TPSA) is 0 Å². The van der Waals surface area contributed by atoms with Crippen molar-refractivity contribution in [1.29, 1.82) is 0 Å². The molecule has 8 rings (SSSR count). The zero-order valence-corrected chi connectivity index (χ0v) is 36.1. The van der Waals surface area contributed by atoms with Gasteiger partial charge in [-0.3, -0.25) is 0 Å². The van der Waals surface area contributed by atoms with Gasteiger partial charge in [0.05, 0.1) is 0 Å². The van der Waals surface area contributed by atoms with E-state index < -0.39 is 5.92 Å². The fraction of sp³-hybridized carbons (Fsp3) is 1.00. The van der Waals surface area contributed by atoms with Gasteiger partial charge in [0.15, 0.2) is 0 Å². The van der Waals surface area contributed by atoms with Gasteiger partial charge in [0.1, 0.15) is 0 Å². The molecule has 8 fully saturated rings. The van der Waals surface area contributed by atoms with Gasteiger partial charge in [-0.05, 0) is 190 Å². The average molecular weight is 715 g/mol. The van der Waals surface area contributed by atoms with Crippen LogP contribution in [0.3, 0.4) is 0 Å². The monoisotopic (exact) mass is 715 g/mol. The Morgan fingerprint density at radius 3 is 0.843 bits per heavy atom.